The van der Waals surface area contributed by atoms with Crippen molar-refractivity contribution in [2.75, 3.05) is 0 Å². The molecule has 1 saturated heterocycles. The second-order valence-electron chi connectivity index (χ2n) is 7.00. The van der Waals surface area contributed by atoms with Crippen molar-refractivity contribution in [3.05, 3.63) is 118 Å². The Morgan fingerprint density at radius 3 is 2.07 bits per heavy atom. The lowest BCUT2D eigenvalue weighted by atomic mass is 9.64. The summed E-state index contributed by atoms with van der Waals surface area (Å²) >= 11 is 6.37. The third-order valence-electron chi connectivity index (χ3n) is 5.52. The van der Waals surface area contributed by atoms with Crippen molar-refractivity contribution in [1.29, 1.82) is 0 Å². The minimum absolute atomic E-state index is 0.0316. The molecule has 1 aliphatic heterocycles. The zero-order valence-electron chi connectivity index (χ0n) is 14.5. The highest BCUT2D eigenvalue weighted by atomic mass is 35.5. The molecule has 0 bridgehead atoms. The molecule has 1 fully saturated rings. The van der Waals surface area contributed by atoms with E-state index in [0.717, 1.165) is 11.1 Å². The number of rotatable bonds is 2. The number of allylic oxidation sites excluding steroid dienone is 1. The molecule has 0 radical (unpaired) electrons. The number of fused-ring (bicyclic) bond motifs is 2. The number of benzene rings is 3. The van der Waals surface area contributed by atoms with Crippen LogP contribution in [0.1, 0.15) is 39.1 Å². The smallest absolute Gasteiger partial charge is 0.204 e. The Labute approximate surface area is 163 Å². The third-order valence-corrected chi connectivity index (χ3v) is 5.81. The van der Waals surface area contributed by atoms with Crippen LogP contribution in [0.15, 0.2) is 96.0 Å². The molecule has 3 unspecified atom stereocenters. The van der Waals surface area contributed by atoms with E-state index in [9.17, 15) is 4.79 Å². The molecule has 3 aromatic rings. The minimum Gasteiger partial charge on any atom is -0.357 e. The molecule has 2 nitrogen and oxygen atoms in total. The SMILES string of the molecule is O=C1C(Cl)=CC2(OC(c3ccccc3)C2c2ccccc2)c2ccccc21. The highest BCUT2D eigenvalue weighted by Crippen LogP contribution is 2.62. The molecule has 2 aliphatic rings. The first-order chi connectivity index (χ1) is 13.2. The molecule has 3 atom stereocenters. The Morgan fingerprint density at radius 1 is 0.778 bits per heavy atom. The van der Waals surface area contributed by atoms with Gasteiger partial charge in [0.2, 0.25) is 5.78 Å². The molecular weight excluding hydrogens is 356 g/mol. The first-order valence-electron chi connectivity index (χ1n) is 9.01. The molecular formula is C24H17ClO2. The fourth-order valence-electron chi connectivity index (χ4n) is 4.33. The van der Waals surface area contributed by atoms with Crippen molar-refractivity contribution in [2.45, 2.75) is 17.6 Å². The summed E-state index contributed by atoms with van der Waals surface area (Å²) in [7, 11) is 0. The molecule has 132 valence electrons. The first-order valence-corrected chi connectivity index (χ1v) is 9.39. The standard InChI is InChI=1S/C24H17ClO2/c25-20-15-24(19-14-8-7-13-18(19)22(20)26)21(16-9-3-1-4-10-16)23(27-24)17-11-5-2-6-12-17/h1-15,21,23H. The number of hydrogen-bond acceptors (Lipinski definition) is 2. The van der Waals surface area contributed by atoms with Gasteiger partial charge in [-0.2, -0.15) is 0 Å². The average Bonchev–Trinajstić information content (AvgIpc) is 2.71. The molecule has 1 spiro atoms. The molecule has 0 aromatic heterocycles. The summed E-state index contributed by atoms with van der Waals surface area (Å²) in [6, 6.07) is 28.1. The predicted molar refractivity (Wildman–Crippen MR) is 106 cm³/mol. The second-order valence-corrected chi connectivity index (χ2v) is 7.40. The predicted octanol–water partition coefficient (Wildman–Crippen LogP) is 5.76. The summed E-state index contributed by atoms with van der Waals surface area (Å²) in [6.07, 6.45) is 1.70. The van der Waals surface area contributed by atoms with Gasteiger partial charge in [-0.15, -0.1) is 0 Å². The van der Waals surface area contributed by atoms with Crippen LogP contribution in [0.2, 0.25) is 0 Å². The van der Waals surface area contributed by atoms with Crippen LogP contribution in [-0.4, -0.2) is 5.78 Å². The van der Waals surface area contributed by atoms with E-state index >= 15 is 0 Å². The zero-order valence-corrected chi connectivity index (χ0v) is 15.3. The lowest BCUT2D eigenvalue weighted by Crippen LogP contribution is -2.52. The Kier molecular flexibility index (Phi) is 3.78. The van der Waals surface area contributed by atoms with Gasteiger partial charge in [0, 0.05) is 5.56 Å². The van der Waals surface area contributed by atoms with Gasteiger partial charge in [0.1, 0.15) is 5.60 Å². The van der Waals surface area contributed by atoms with E-state index in [-0.39, 0.29) is 22.8 Å². The fourth-order valence-corrected chi connectivity index (χ4v) is 4.59. The minimum atomic E-state index is -0.733. The second kappa shape index (κ2) is 6.19. The maximum absolute atomic E-state index is 12.6. The van der Waals surface area contributed by atoms with Crippen molar-refractivity contribution in [1.82, 2.24) is 0 Å². The molecule has 1 aliphatic carbocycles. The highest BCUT2D eigenvalue weighted by molar-refractivity contribution is 6.45. The normalized spacial score (nSPS) is 26.3. The van der Waals surface area contributed by atoms with E-state index in [1.165, 1.54) is 5.56 Å². The van der Waals surface area contributed by atoms with Crippen LogP contribution in [0.4, 0.5) is 0 Å². The quantitative estimate of drug-likeness (QED) is 0.572. The van der Waals surface area contributed by atoms with Crippen LogP contribution in [0, 0.1) is 0 Å². The summed E-state index contributed by atoms with van der Waals surface area (Å²) in [4.78, 5) is 12.6. The number of hydrogen-bond donors (Lipinski definition) is 0. The van der Waals surface area contributed by atoms with E-state index in [1.807, 2.05) is 60.7 Å². The summed E-state index contributed by atoms with van der Waals surface area (Å²) in [6.45, 7) is 0. The van der Waals surface area contributed by atoms with Crippen molar-refractivity contribution in [3.63, 3.8) is 0 Å². The largest absolute Gasteiger partial charge is 0.357 e. The number of carbonyl (C=O) groups excluding carboxylic acids is 1. The van der Waals surface area contributed by atoms with Gasteiger partial charge in [0.05, 0.1) is 17.1 Å². The average molecular weight is 373 g/mol. The fraction of sp³-hybridized carbons (Fsp3) is 0.125. The van der Waals surface area contributed by atoms with Crippen molar-refractivity contribution >= 4 is 17.4 Å². The van der Waals surface area contributed by atoms with Gasteiger partial charge in [-0.25, -0.2) is 0 Å². The van der Waals surface area contributed by atoms with Gasteiger partial charge >= 0.3 is 0 Å². The summed E-state index contributed by atoms with van der Waals surface area (Å²) < 4.78 is 6.55. The van der Waals surface area contributed by atoms with Crippen LogP contribution >= 0.6 is 11.6 Å². The van der Waals surface area contributed by atoms with Gasteiger partial charge < -0.3 is 4.74 Å². The van der Waals surface area contributed by atoms with Gasteiger partial charge in [-0.3, -0.25) is 4.79 Å². The number of halogens is 1. The van der Waals surface area contributed by atoms with Crippen molar-refractivity contribution in [3.8, 4) is 0 Å². The maximum atomic E-state index is 12.6. The topological polar surface area (TPSA) is 26.3 Å². The van der Waals surface area contributed by atoms with Gasteiger partial charge in [0.25, 0.3) is 0 Å². The molecule has 3 heteroatoms. The number of ether oxygens (including phenoxy) is 1. The van der Waals surface area contributed by atoms with E-state index in [1.54, 1.807) is 6.08 Å². The third kappa shape index (κ3) is 2.41. The summed E-state index contributed by atoms with van der Waals surface area (Å²) in [5.74, 6) is -0.111. The van der Waals surface area contributed by atoms with E-state index in [0.29, 0.717) is 5.56 Å². The number of Topliss-reactive ketones (excluding diaryl/α,β-unsaturated/α-hetero) is 1. The van der Waals surface area contributed by atoms with Crippen molar-refractivity contribution < 1.29 is 9.53 Å². The van der Waals surface area contributed by atoms with Crippen LogP contribution in [0.5, 0.6) is 0 Å². The molecule has 27 heavy (non-hydrogen) atoms. The molecule has 0 saturated carbocycles. The van der Waals surface area contributed by atoms with E-state index in [4.69, 9.17) is 16.3 Å². The van der Waals surface area contributed by atoms with Gasteiger partial charge in [-0.1, -0.05) is 96.5 Å². The Bertz CT molecular complexity index is 1040. The monoisotopic (exact) mass is 372 g/mol. The lowest BCUT2D eigenvalue weighted by molar-refractivity contribution is -0.212. The van der Waals surface area contributed by atoms with Crippen LogP contribution in [0.3, 0.4) is 0 Å². The highest BCUT2D eigenvalue weighted by Gasteiger charge is 2.59. The van der Waals surface area contributed by atoms with E-state index < -0.39 is 5.60 Å². The molecule has 3 aromatic carbocycles. The Hall–Kier alpha value is -2.68. The van der Waals surface area contributed by atoms with Crippen LogP contribution < -0.4 is 0 Å². The Balaban J connectivity index is 1.71. The molecule has 0 N–H and O–H groups in total. The maximum Gasteiger partial charge on any atom is 0.204 e. The Morgan fingerprint density at radius 2 is 1.37 bits per heavy atom. The number of ketones is 1. The summed E-state index contributed by atoms with van der Waals surface area (Å²) in [5, 5.41) is 0.223. The molecule has 5 rings (SSSR count). The van der Waals surface area contributed by atoms with Gasteiger partial charge in [-0.05, 0) is 22.8 Å². The van der Waals surface area contributed by atoms with E-state index in [2.05, 4.69) is 24.3 Å². The summed E-state index contributed by atoms with van der Waals surface area (Å²) in [5.41, 5.74) is 3.07. The zero-order chi connectivity index (χ0) is 18.4. The molecule has 1 heterocycles. The van der Waals surface area contributed by atoms with Crippen LogP contribution in [-0.2, 0) is 10.3 Å². The lowest BCUT2D eigenvalue weighted by Gasteiger charge is -2.55. The number of carbonyl (C=O) groups is 1. The van der Waals surface area contributed by atoms with Crippen molar-refractivity contribution in [2.24, 2.45) is 0 Å². The first kappa shape index (κ1) is 16.5. The van der Waals surface area contributed by atoms with Crippen LogP contribution in [0.25, 0.3) is 0 Å². The van der Waals surface area contributed by atoms with Gasteiger partial charge in [0.15, 0.2) is 0 Å². The molecule has 0 amide bonds.